The van der Waals surface area contributed by atoms with Gasteiger partial charge in [0.05, 0.1) is 12.0 Å². The highest BCUT2D eigenvalue weighted by atomic mass is 17.1. The van der Waals surface area contributed by atoms with Gasteiger partial charge in [-0.25, -0.2) is 4.79 Å². The van der Waals surface area contributed by atoms with Crippen molar-refractivity contribution in [3.8, 4) is 0 Å². The molecule has 4 nitrogen and oxygen atoms in total. The molecule has 0 radical (unpaired) electrons. The van der Waals surface area contributed by atoms with Crippen molar-refractivity contribution in [1.82, 2.24) is 0 Å². The summed E-state index contributed by atoms with van der Waals surface area (Å²) in [4.78, 5) is 14.1. The van der Waals surface area contributed by atoms with E-state index >= 15 is 0 Å². The highest BCUT2D eigenvalue weighted by molar-refractivity contribution is 5.72. The Balaban J connectivity index is 2.46. The molecular formula is C6H10O4. The number of aliphatic hydroxyl groups excluding tert-OH is 1. The van der Waals surface area contributed by atoms with Gasteiger partial charge in [0.1, 0.15) is 0 Å². The molecule has 1 saturated carbocycles. The zero-order valence-corrected chi connectivity index (χ0v) is 5.49. The number of aliphatic hydroxyl groups is 1. The van der Waals surface area contributed by atoms with E-state index in [0.717, 1.165) is 6.42 Å². The molecule has 58 valence electrons. The summed E-state index contributed by atoms with van der Waals surface area (Å²) in [5.74, 6) is -1.23. The molecule has 2 N–H and O–H groups in total. The third-order valence-corrected chi connectivity index (χ3v) is 1.87. The Morgan fingerprint density at radius 1 is 1.50 bits per heavy atom. The topological polar surface area (TPSA) is 66.8 Å². The van der Waals surface area contributed by atoms with E-state index in [1.54, 1.807) is 0 Å². The zero-order chi connectivity index (χ0) is 7.56. The van der Waals surface area contributed by atoms with Crippen LogP contribution in [-0.2, 0) is 9.68 Å². The van der Waals surface area contributed by atoms with E-state index in [1.165, 1.54) is 0 Å². The molecule has 0 aromatic carbocycles. The molecule has 1 aliphatic rings. The molecule has 1 aliphatic carbocycles. The van der Waals surface area contributed by atoms with Gasteiger partial charge in [-0.15, -0.1) is 0 Å². The number of hydrogen-bond acceptors (Lipinski definition) is 4. The molecule has 0 bridgehead atoms. The fourth-order valence-corrected chi connectivity index (χ4v) is 1.28. The van der Waals surface area contributed by atoms with Gasteiger partial charge >= 0.3 is 5.97 Å². The van der Waals surface area contributed by atoms with Crippen molar-refractivity contribution in [2.75, 3.05) is 0 Å². The van der Waals surface area contributed by atoms with Crippen LogP contribution in [0.1, 0.15) is 19.3 Å². The summed E-state index contributed by atoms with van der Waals surface area (Å²) in [5.41, 5.74) is 0. The summed E-state index contributed by atoms with van der Waals surface area (Å²) in [7, 11) is 0. The summed E-state index contributed by atoms with van der Waals surface area (Å²) in [6, 6.07) is 0. The van der Waals surface area contributed by atoms with Crippen LogP contribution in [0, 0.1) is 5.92 Å². The maximum absolute atomic E-state index is 10.6. The van der Waals surface area contributed by atoms with Crippen LogP contribution in [0.15, 0.2) is 0 Å². The molecule has 0 amide bonds. The SMILES string of the molecule is O=C(OO)C1CCCC1O. The van der Waals surface area contributed by atoms with Gasteiger partial charge in [0.25, 0.3) is 0 Å². The minimum absolute atomic E-state index is 0.509. The first-order valence-corrected chi connectivity index (χ1v) is 3.29. The van der Waals surface area contributed by atoms with Gasteiger partial charge in [-0.2, -0.15) is 5.26 Å². The van der Waals surface area contributed by atoms with Gasteiger partial charge in [-0.05, 0) is 19.3 Å². The van der Waals surface area contributed by atoms with E-state index < -0.39 is 18.0 Å². The van der Waals surface area contributed by atoms with Crippen molar-refractivity contribution in [1.29, 1.82) is 0 Å². The van der Waals surface area contributed by atoms with E-state index in [0.29, 0.717) is 12.8 Å². The second kappa shape index (κ2) is 2.98. The second-order valence-electron chi connectivity index (χ2n) is 2.52. The van der Waals surface area contributed by atoms with E-state index in [-0.39, 0.29) is 0 Å². The highest BCUT2D eigenvalue weighted by Crippen LogP contribution is 2.25. The maximum Gasteiger partial charge on any atom is 0.347 e. The van der Waals surface area contributed by atoms with E-state index in [4.69, 9.17) is 10.4 Å². The number of rotatable bonds is 1. The lowest BCUT2D eigenvalue weighted by Crippen LogP contribution is -2.23. The first-order valence-electron chi connectivity index (χ1n) is 3.29. The van der Waals surface area contributed by atoms with Crippen LogP contribution in [0.25, 0.3) is 0 Å². The molecule has 0 heterocycles. The second-order valence-corrected chi connectivity index (χ2v) is 2.52. The maximum atomic E-state index is 10.6. The average molecular weight is 146 g/mol. The lowest BCUT2D eigenvalue weighted by atomic mass is 10.1. The molecule has 0 aromatic heterocycles. The van der Waals surface area contributed by atoms with Crippen LogP contribution >= 0.6 is 0 Å². The summed E-state index contributed by atoms with van der Waals surface area (Å²) in [6.45, 7) is 0. The largest absolute Gasteiger partial charge is 0.392 e. The van der Waals surface area contributed by atoms with Crippen molar-refractivity contribution in [3.05, 3.63) is 0 Å². The Morgan fingerprint density at radius 2 is 2.20 bits per heavy atom. The molecule has 4 heteroatoms. The molecule has 10 heavy (non-hydrogen) atoms. The van der Waals surface area contributed by atoms with Gasteiger partial charge in [-0.3, -0.25) is 0 Å². The third kappa shape index (κ3) is 1.27. The summed E-state index contributed by atoms with van der Waals surface area (Å²) < 4.78 is 0. The zero-order valence-electron chi connectivity index (χ0n) is 5.49. The minimum atomic E-state index is -0.718. The fraction of sp³-hybridized carbons (Fsp3) is 0.833. The van der Waals surface area contributed by atoms with Gasteiger partial charge in [0.2, 0.25) is 0 Å². The van der Waals surface area contributed by atoms with Gasteiger partial charge in [0.15, 0.2) is 0 Å². The van der Waals surface area contributed by atoms with Crippen molar-refractivity contribution >= 4 is 5.97 Å². The van der Waals surface area contributed by atoms with Crippen LogP contribution in [0.4, 0.5) is 0 Å². The lowest BCUT2D eigenvalue weighted by Gasteiger charge is -2.08. The summed E-state index contributed by atoms with van der Waals surface area (Å²) in [6.07, 6.45) is 1.43. The Hall–Kier alpha value is -0.610. The Bertz CT molecular complexity index is 134. The molecule has 0 aromatic rings. The standard InChI is InChI=1S/C6H10O4/c7-5-3-1-2-4(5)6(8)10-9/h4-5,7,9H,1-3H2. The van der Waals surface area contributed by atoms with Crippen LogP contribution < -0.4 is 0 Å². The molecule has 2 atom stereocenters. The normalized spacial score (nSPS) is 32.2. The number of carbonyl (C=O) groups is 1. The fourth-order valence-electron chi connectivity index (χ4n) is 1.28. The highest BCUT2D eigenvalue weighted by Gasteiger charge is 2.32. The number of hydrogen-bond donors (Lipinski definition) is 2. The predicted molar refractivity (Wildman–Crippen MR) is 32.1 cm³/mol. The Morgan fingerprint density at radius 3 is 2.60 bits per heavy atom. The van der Waals surface area contributed by atoms with Crippen molar-refractivity contribution in [2.24, 2.45) is 5.92 Å². The average Bonchev–Trinajstić information content (AvgIpc) is 2.34. The lowest BCUT2D eigenvalue weighted by molar-refractivity contribution is -0.241. The molecule has 0 saturated heterocycles. The van der Waals surface area contributed by atoms with Crippen LogP contribution in [0.5, 0.6) is 0 Å². The molecule has 0 spiro atoms. The smallest absolute Gasteiger partial charge is 0.347 e. The Labute approximate surface area is 58.4 Å². The van der Waals surface area contributed by atoms with Crippen molar-refractivity contribution in [3.63, 3.8) is 0 Å². The van der Waals surface area contributed by atoms with Crippen LogP contribution in [0.2, 0.25) is 0 Å². The summed E-state index contributed by atoms with van der Waals surface area (Å²) >= 11 is 0. The molecular weight excluding hydrogens is 136 g/mol. The molecule has 2 unspecified atom stereocenters. The summed E-state index contributed by atoms with van der Waals surface area (Å²) in [5, 5.41) is 17.0. The van der Waals surface area contributed by atoms with Crippen LogP contribution in [-0.4, -0.2) is 22.4 Å². The van der Waals surface area contributed by atoms with Gasteiger partial charge < -0.3 is 9.99 Å². The van der Waals surface area contributed by atoms with Gasteiger partial charge in [-0.1, -0.05) is 0 Å². The first-order chi connectivity index (χ1) is 4.75. The first kappa shape index (κ1) is 7.50. The monoisotopic (exact) mass is 146 g/mol. The van der Waals surface area contributed by atoms with E-state index in [2.05, 4.69) is 4.89 Å². The third-order valence-electron chi connectivity index (χ3n) is 1.87. The van der Waals surface area contributed by atoms with E-state index in [1.807, 2.05) is 0 Å². The minimum Gasteiger partial charge on any atom is -0.392 e. The quantitative estimate of drug-likeness (QED) is 0.408. The Kier molecular flexibility index (Phi) is 2.24. The van der Waals surface area contributed by atoms with Crippen LogP contribution in [0.3, 0.4) is 0 Å². The predicted octanol–water partition coefficient (Wildman–Crippen LogP) is 0.164. The molecule has 1 rings (SSSR count). The molecule has 1 fully saturated rings. The van der Waals surface area contributed by atoms with Gasteiger partial charge in [0, 0.05) is 0 Å². The van der Waals surface area contributed by atoms with E-state index in [9.17, 15) is 4.79 Å². The van der Waals surface area contributed by atoms with Crippen molar-refractivity contribution < 1.29 is 20.0 Å². The number of carbonyl (C=O) groups excluding carboxylic acids is 1. The van der Waals surface area contributed by atoms with Crippen molar-refractivity contribution in [2.45, 2.75) is 25.4 Å². The molecule has 0 aliphatic heterocycles.